The zero-order valence-electron chi connectivity index (χ0n) is 22.7. The minimum atomic E-state index is -3.64. The van der Waals surface area contributed by atoms with Crippen molar-refractivity contribution in [3.8, 4) is 22.6 Å². The van der Waals surface area contributed by atoms with E-state index in [4.69, 9.17) is 9.72 Å². The Morgan fingerprint density at radius 3 is 2.41 bits per heavy atom. The van der Waals surface area contributed by atoms with E-state index < -0.39 is 32.5 Å². The number of rotatable bonds is 9. The molecule has 0 spiro atoms. The normalized spacial score (nSPS) is 15.9. The van der Waals surface area contributed by atoms with Crippen LogP contribution in [-0.2, 0) is 33.8 Å². The highest BCUT2D eigenvalue weighted by Gasteiger charge is 2.30. The number of sulfonamides is 1. The zero-order valence-corrected chi connectivity index (χ0v) is 24.4. The smallest absolute Gasteiger partial charge is 0.232 e. The van der Waals surface area contributed by atoms with Crippen molar-refractivity contribution >= 4 is 32.3 Å². The molecule has 0 atom stereocenters. The Morgan fingerprint density at radius 2 is 1.71 bits per heavy atom. The van der Waals surface area contributed by atoms with Gasteiger partial charge in [-0.15, -0.1) is 0 Å². The summed E-state index contributed by atoms with van der Waals surface area (Å²) in [4.78, 5) is 5.02. The number of halogens is 2. The van der Waals surface area contributed by atoms with E-state index in [-0.39, 0.29) is 28.9 Å². The van der Waals surface area contributed by atoms with Gasteiger partial charge < -0.3 is 4.74 Å². The van der Waals surface area contributed by atoms with Crippen molar-refractivity contribution in [2.24, 2.45) is 0 Å². The average Bonchev–Trinajstić information content (AvgIpc) is 2.95. The number of aryl methyl sites for hydroxylation is 1. The maximum atomic E-state index is 14.7. The van der Waals surface area contributed by atoms with Gasteiger partial charge >= 0.3 is 0 Å². The molecule has 1 heterocycles. The lowest BCUT2D eigenvalue weighted by atomic mass is 9.81. The lowest BCUT2D eigenvalue weighted by molar-refractivity contribution is 0.435. The molecular weight excluding hydrogens is 572 g/mol. The molecule has 2 aromatic carbocycles. The van der Waals surface area contributed by atoms with Gasteiger partial charge in [0.15, 0.2) is 11.6 Å². The summed E-state index contributed by atoms with van der Waals surface area (Å²) in [6.07, 6.45) is 8.01. The van der Waals surface area contributed by atoms with Crippen LogP contribution in [0.4, 0.5) is 20.2 Å². The highest BCUT2D eigenvalue weighted by molar-refractivity contribution is 7.92. The number of thiol groups is 1. The number of nitrogens with one attached hydrogen (secondary N) is 2. The summed E-state index contributed by atoms with van der Waals surface area (Å²) in [6, 6.07) is 7.52. The maximum absolute atomic E-state index is 14.7. The Hall–Kier alpha value is -3.25. The van der Waals surface area contributed by atoms with Gasteiger partial charge in [0, 0.05) is 34.5 Å². The van der Waals surface area contributed by atoms with Crippen LogP contribution >= 0.6 is 0 Å². The molecule has 1 saturated carbocycles. The maximum Gasteiger partial charge on any atom is 0.232 e. The summed E-state index contributed by atoms with van der Waals surface area (Å²) in [5, 5.41) is 0. The fraction of sp³-hybridized carbons (Fsp3) is 0.414. The average molecular weight is 606 g/mol. The van der Waals surface area contributed by atoms with Crippen molar-refractivity contribution in [2.75, 3.05) is 15.2 Å². The van der Waals surface area contributed by atoms with Crippen LogP contribution in [0.3, 0.4) is 0 Å². The highest BCUT2D eigenvalue weighted by Crippen LogP contribution is 2.48. The third-order valence-corrected chi connectivity index (χ3v) is 9.43. The number of ether oxygens (including phenoxy) is 1. The minimum absolute atomic E-state index is 0.0489. The number of aromatic nitrogens is 1. The molecule has 0 unspecified atom stereocenters. The van der Waals surface area contributed by atoms with E-state index >= 15 is 0 Å². The van der Waals surface area contributed by atoms with Gasteiger partial charge in [-0.25, -0.2) is 25.6 Å². The van der Waals surface area contributed by atoms with Gasteiger partial charge in [-0.05, 0) is 81.3 Å². The van der Waals surface area contributed by atoms with E-state index in [1.165, 1.54) is 25.1 Å². The first-order valence-electron chi connectivity index (χ1n) is 13.9. The van der Waals surface area contributed by atoms with Crippen LogP contribution in [0.25, 0.3) is 11.1 Å². The Morgan fingerprint density at radius 1 is 0.976 bits per heavy atom. The summed E-state index contributed by atoms with van der Waals surface area (Å²) in [5.74, 6) is -1.84. The zero-order chi connectivity index (χ0) is 29.1. The van der Waals surface area contributed by atoms with E-state index in [1.54, 1.807) is 6.07 Å². The van der Waals surface area contributed by atoms with Crippen LogP contribution in [-0.4, -0.2) is 27.6 Å². The van der Waals surface area contributed by atoms with E-state index in [1.807, 2.05) is 0 Å². The molecule has 3 aromatic rings. The van der Waals surface area contributed by atoms with Gasteiger partial charge in [0.2, 0.25) is 20.9 Å². The van der Waals surface area contributed by atoms with Crippen molar-refractivity contribution in [3.63, 3.8) is 0 Å². The second-order valence-electron chi connectivity index (χ2n) is 10.5. The molecule has 1 aromatic heterocycles. The molecule has 2 aliphatic rings. The minimum Gasteiger partial charge on any atom is -0.454 e. The molecule has 5 rings (SSSR count). The lowest BCUT2D eigenvalue weighted by Crippen LogP contribution is -2.18. The highest BCUT2D eigenvalue weighted by atomic mass is 32.2. The molecule has 0 saturated heterocycles. The second-order valence-corrected chi connectivity index (χ2v) is 13.2. The number of benzene rings is 2. The van der Waals surface area contributed by atoms with Crippen LogP contribution in [0.2, 0.25) is 0 Å². The number of fused-ring (bicyclic) bond motifs is 1. The molecule has 41 heavy (non-hydrogen) atoms. The number of hydrogen-bond donors (Lipinski definition) is 3. The van der Waals surface area contributed by atoms with Crippen LogP contribution in [0.15, 0.2) is 36.4 Å². The summed E-state index contributed by atoms with van der Waals surface area (Å²) in [6.45, 7) is 1.51. The summed E-state index contributed by atoms with van der Waals surface area (Å²) < 4.78 is 88.8. The van der Waals surface area contributed by atoms with Crippen LogP contribution in [0, 0.1) is 11.6 Å². The third kappa shape index (κ3) is 6.64. The topological polar surface area (TPSA) is 114 Å². The van der Waals surface area contributed by atoms with E-state index in [0.29, 0.717) is 35.0 Å². The number of pyridine rings is 1. The molecule has 0 amide bonds. The first kappa shape index (κ1) is 29.2. The summed E-state index contributed by atoms with van der Waals surface area (Å²) in [7, 11) is -6.72. The van der Waals surface area contributed by atoms with Gasteiger partial charge in [-0.2, -0.15) is 0 Å². The van der Waals surface area contributed by atoms with Crippen molar-refractivity contribution in [2.45, 2.75) is 70.6 Å². The predicted molar refractivity (Wildman–Crippen MR) is 156 cm³/mol. The molecule has 0 radical (unpaired) electrons. The molecule has 0 aliphatic heterocycles. The lowest BCUT2D eigenvalue weighted by Gasteiger charge is -2.29. The van der Waals surface area contributed by atoms with Gasteiger partial charge in [0.1, 0.15) is 11.6 Å². The molecule has 1 fully saturated rings. The van der Waals surface area contributed by atoms with E-state index in [0.717, 1.165) is 68.7 Å². The van der Waals surface area contributed by atoms with Gasteiger partial charge in [-0.3, -0.25) is 14.4 Å². The summed E-state index contributed by atoms with van der Waals surface area (Å²) in [5.41, 5.74) is 3.89. The van der Waals surface area contributed by atoms with Crippen LogP contribution < -0.4 is 14.2 Å². The standard InChI is InChI=1S/C29H33F2N3O5S2/c1-2-41(37,38)34-20-13-15-25(39-26-14-12-19(30)16-23(26)31)22(17-20)27-21-10-6-7-11-24(21)32-28(29(27)33-40(35)36)18-8-4-3-5-9-18/h12-18,34,40H,2-11H2,1H3,(H,33,35,36). The van der Waals surface area contributed by atoms with Gasteiger partial charge in [0.05, 0.1) is 17.1 Å². The number of anilines is 2. The first-order chi connectivity index (χ1) is 19.6. The monoisotopic (exact) mass is 605 g/mol. The Bertz CT molecular complexity index is 1630. The molecule has 0 bridgehead atoms. The number of hydrogen-bond acceptors (Lipinski definition) is 6. The fourth-order valence-electron chi connectivity index (χ4n) is 5.74. The molecule has 220 valence electrons. The molecule has 2 N–H and O–H groups in total. The number of nitrogens with zero attached hydrogens (tertiary/aromatic N) is 1. The van der Waals surface area contributed by atoms with Crippen LogP contribution in [0.5, 0.6) is 11.5 Å². The third-order valence-electron chi connectivity index (χ3n) is 7.71. The van der Waals surface area contributed by atoms with Crippen molar-refractivity contribution in [1.82, 2.24) is 4.98 Å². The predicted octanol–water partition coefficient (Wildman–Crippen LogP) is 6.45. The van der Waals surface area contributed by atoms with E-state index in [2.05, 4.69) is 9.44 Å². The van der Waals surface area contributed by atoms with Crippen molar-refractivity contribution < 1.29 is 30.4 Å². The largest absolute Gasteiger partial charge is 0.454 e. The first-order valence-corrected chi connectivity index (χ1v) is 16.7. The molecule has 8 nitrogen and oxygen atoms in total. The molecule has 2 aliphatic carbocycles. The van der Waals surface area contributed by atoms with E-state index in [9.17, 15) is 25.6 Å². The fourth-order valence-corrected chi connectivity index (χ4v) is 6.78. The molecular formula is C29H33F2N3O5S2. The Kier molecular flexibility index (Phi) is 8.79. The van der Waals surface area contributed by atoms with Gasteiger partial charge in [0.25, 0.3) is 0 Å². The van der Waals surface area contributed by atoms with Crippen LogP contribution in [0.1, 0.15) is 74.7 Å². The van der Waals surface area contributed by atoms with Crippen molar-refractivity contribution in [1.29, 1.82) is 0 Å². The quantitative estimate of drug-likeness (QED) is 0.242. The summed E-state index contributed by atoms with van der Waals surface area (Å²) >= 11 is 0. The SMILES string of the molecule is CCS(=O)(=O)Nc1ccc(Oc2ccc(F)cc2F)c(-c2c3c(nc(C4CCCCC4)c2N[SH](=O)=O)CCCC3)c1. The molecule has 12 heteroatoms. The van der Waals surface area contributed by atoms with Crippen molar-refractivity contribution in [3.05, 3.63) is 65.0 Å². The Labute approximate surface area is 240 Å². The van der Waals surface area contributed by atoms with Gasteiger partial charge in [-0.1, -0.05) is 19.3 Å². The Balaban J connectivity index is 1.78. The second kappa shape index (κ2) is 12.3.